The summed E-state index contributed by atoms with van der Waals surface area (Å²) >= 11 is 0. The third kappa shape index (κ3) is 3.21. The number of anilines is 1. The van der Waals surface area contributed by atoms with Crippen LogP contribution in [0.15, 0.2) is 65.6 Å². The predicted molar refractivity (Wildman–Crippen MR) is 114 cm³/mol. The zero-order chi connectivity index (χ0) is 20.8. The molecule has 0 amide bonds. The molecule has 1 N–H and O–H groups in total. The Morgan fingerprint density at radius 1 is 1.00 bits per heavy atom. The number of nitrogens with one attached hydrogen (secondary N) is 1. The molecule has 29 heavy (non-hydrogen) atoms. The van der Waals surface area contributed by atoms with Crippen LogP contribution in [0.2, 0.25) is 0 Å². The summed E-state index contributed by atoms with van der Waals surface area (Å²) < 4.78 is 30.3. The lowest BCUT2D eigenvalue weighted by atomic mass is 10.1. The van der Waals surface area contributed by atoms with Gasteiger partial charge in [-0.25, -0.2) is 8.42 Å². The Morgan fingerprint density at radius 3 is 2.45 bits per heavy atom. The van der Waals surface area contributed by atoms with Crippen molar-refractivity contribution >= 4 is 43.2 Å². The normalized spacial score (nSPS) is 11.8. The summed E-state index contributed by atoms with van der Waals surface area (Å²) in [6.07, 6.45) is 0. The highest BCUT2D eigenvalue weighted by Crippen LogP contribution is 2.32. The fourth-order valence-corrected chi connectivity index (χ4v) is 4.69. The van der Waals surface area contributed by atoms with E-state index in [0.717, 1.165) is 34.4 Å². The standard InChI is InChI=1S/C21H19N3O4S/c1-3-23-19-7-5-4-6-17(19)18-12-15(9-11-20(18)23)22-29(27,28)16-10-8-14(2)21(13-16)24(25)26/h4-13,22H,3H2,1-2H3. The van der Waals surface area contributed by atoms with Gasteiger partial charge in [-0.3, -0.25) is 14.8 Å². The van der Waals surface area contributed by atoms with Gasteiger partial charge >= 0.3 is 0 Å². The van der Waals surface area contributed by atoms with Gasteiger partial charge < -0.3 is 4.57 Å². The van der Waals surface area contributed by atoms with Crippen LogP contribution in [0.3, 0.4) is 0 Å². The van der Waals surface area contributed by atoms with Gasteiger partial charge in [0, 0.05) is 45.7 Å². The van der Waals surface area contributed by atoms with Gasteiger partial charge in [0.25, 0.3) is 15.7 Å². The molecule has 0 fully saturated rings. The minimum absolute atomic E-state index is 0.147. The molecule has 0 radical (unpaired) electrons. The summed E-state index contributed by atoms with van der Waals surface area (Å²) in [5, 5.41) is 13.1. The third-order valence-electron chi connectivity index (χ3n) is 5.03. The van der Waals surface area contributed by atoms with Crippen molar-refractivity contribution in [2.45, 2.75) is 25.3 Å². The summed E-state index contributed by atoms with van der Waals surface area (Å²) in [4.78, 5) is 10.4. The predicted octanol–water partition coefficient (Wildman–Crippen LogP) is 4.83. The van der Waals surface area contributed by atoms with Crippen molar-refractivity contribution in [2.75, 3.05) is 4.72 Å². The molecule has 0 unspecified atom stereocenters. The van der Waals surface area contributed by atoms with Crippen LogP contribution in [0, 0.1) is 17.0 Å². The van der Waals surface area contributed by atoms with Crippen LogP contribution >= 0.6 is 0 Å². The topological polar surface area (TPSA) is 94.2 Å². The van der Waals surface area contributed by atoms with Gasteiger partial charge in [-0.15, -0.1) is 0 Å². The minimum atomic E-state index is -3.97. The molecule has 0 saturated heterocycles. The number of benzene rings is 3. The molecule has 8 heteroatoms. The van der Waals surface area contributed by atoms with Crippen molar-refractivity contribution in [3.05, 3.63) is 76.3 Å². The van der Waals surface area contributed by atoms with Crippen molar-refractivity contribution in [1.82, 2.24) is 4.57 Å². The smallest absolute Gasteiger partial charge is 0.273 e. The Hall–Kier alpha value is -3.39. The van der Waals surface area contributed by atoms with Gasteiger partial charge in [-0.1, -0.05) is 24.3 Å². The lowest BCUT2D eigenvalue weighted by molar-refractivity contribution is -0.385. The number of sulfonamides is 1. The van der Waals surface area contributed by atoms with E-state index in [0.29, 0.717) is 11.3 Å². The number of hydrogen-bond acceptors (Lipinski definition) is 4. The Balaban J connectivity index is 1.79. The summed E-state index contributed by atoms with van der Waals surface area (Å²) in [6, 6.07) is 17.2. The van der Waals surface area contributed by atoms with E-state index >= 15 is 0 Å². The van der Waals surface area contributed by atoms with Crippen LogP contribution in [0.5, 0.6) is 0 Å². The summed E-state index contributed by atoms with van der Waals surface area (Å²) in [5.74, 6) is 0. The zero-order valence-corrected chi connectivity index (χ0v) is 16.7. The lowest BCUT2D eigenvalue weighted by Gasteiger charge is -2.09. The molecule has 0 aliphatic carbocycles. The molecule has 1 heterocycles. The van der Waals surface area contributed by atoms with E-state index in [1.54, 1.807) is 19.1 Å². The average molecular weight is 409 g/mol. The molecular formula is C21H19N3O4S. The molecule has 4 aromatic rings. The molecule has 7 nitrogen and oxygen atoms in total. The summed E-state index contributed by atoms with van der Waals surface area (Å²) in [5.41, 5.74) is 2.68. The van der Waals surface area contributed by atoms with Gasteiger partial charge in [-0.2, -0.15) is 0 Å². The molecule has 0 saturated carbocycles. The maximum atomic E-state index is 12.8. The van der Waals surface area contributed by atoms with Crippen LogP contribution < -0.4 is 4.72 Å². The van der Waals surface area contributed by atoms with E-state index in [-0.39, 0.29) is 10.6 Å². The highest BCUT2D eigenvalue weighted by Gasteiger charge is 2.20. The molecule has 148 valence electrons. The van der Waals surface area contributed by atoms with Crippen LogP contribution in [-0.4, -0.2) is 17.9 Å². The van der Waals surface area contributed by atoms with Crippen molar-refractivity contribution in [1.29, 1.82) is 0 Å². The number of hydrogen-bond donors (Lipinski definition) is 1. The highest BCUT2D eigenvalue weighted by molar-refractivity contribution is 7.92. The minimum Gasteiger partial charge on any atom is -0.341 e. The van der Waals surface area contributed by atoms with E-state index in [1.807, 2.05) is 30.3 Å². The van der Waals surface area contributed by atoms with Gasteiger partial charge in [0.1, 0.15) is 0 Å². The number of nitro benzene ring substituents is 1. The molecule has 0 bridgehead atoms. The largest absolute Gasteiger partial charge is 0.341 e. The molecule has 0 atom stereocenters. The second kappa shape index (κ2) is 6.89. The Labute approximate surface area is 167 Å². The van der Waals surface area contributed by atoms with Crippen LogP contribution in [0.25, 0.3) is 21.8 Å². The maximum Gasteiger partial charge on any atom is 0.273 e. The first-order valence-electron chi connectivity index (χ1n) is 9.10. The van der Waals surface area contributed by atoms with Gasteiger partial charge in [0.2, 0.25) is 0 Å². The monoisotopic (exact) mass is 409 g/mol. The fraction of sp³-hybridized carbons (Fsp3) is 0.143. The van der Waals surface area contributed by atoms with Crippen LogP contribution in [0.4, 0.5) is 11.4 Å². The van der Waals surface area contributed by atoms with E-state index < -0.39 is 14.9 Å². The highest BCUT2D eigenvalue weighted by atomic mass is 32.2. The van der Waals surface area contributed by atoms with Crippen molar-refractivity contribution in [3.63, 3.8) is 0 Å². The Kier molecular flexibility index (Phi) is 4.50. The van der Waals surface area contributed by atoms with Crippen LogP contribution in [-0.2, 0) is 16.6 Å². The van der Waals surface area contributed by atoms with Crippen molar-refractivity contribution in [2.24, 2.45) is 0 Å². The number of para-hydroxylation sites is 1. The molecular weight excluding hydrogens is 390 g/mol. The van der Waals surface area contributed by atoms with E-state index in [1.165, 1.54) is 12.1 Å². The molecule has 0 aliphatic rings. The van der Waals surface area contributed by atoms with Gasteiger partial charge in [0.05, 0.1) is 9.82 Å². The third-order valence-corrected chi connectivity index (χ3v) is 6.41. The second-order valence-electron chi connectivity index (χ2n) is 6.80. The number of aryl methyl sites for hydroxylation is 2. The number of nitro groups is 1. The molecule has 0 aliphatic heterocycles. The zero-order valence-electron chi connectivity index (χ0n) is 15.9. The van der Waals surface area contributed by atoms with Crippen molar-refractivity contribution in [3.8, 4) is 0 Å². The Morgan fingerprint density at radius 2 is 1.72 bits per heavy atom. The first-order valence-corrected chi connectivity index (χ1v) is 10.6. The van der Waals surface area contributed by atoms with Crippen molar-refractivity contribution < 1.29 is 13.3 Å². The number of nitrogens with zero attached hydrogens (tertiary/aromatic N) is 2. The van der Waals surface area contributed by atoms with E-state index in [2.05, 4.69) is 16.2 Å². The number of rotatable bonds is 5. The fourth-order valence-electron chi connectivity index (χ4n) is 3.62. The van der Waals surface area contributed by atoms with E-state index in [9.17, 15) is 18.5 Å². The van der Waals surface area contributed by atoms with Crippen LogP contribution in [0.1, 0.15) is 12.5 Å². The molecule has 3 aromatic carbocycles. The first-order chi connectivity index (χ1) is 13.8. The summed E-state index contributed by atoms with van der Waals surface area (Å²) in [6.45, 7) is 4.42. The SMILES string of the molecule is CCn1c2ccccc2c2cc(NS(=O)(=O)c3ccc(C)c([N+](=O)[O-])c3)ccc21. The maximum absolute atomic E-state index is 12.8. The first kappa shape index (κ1) is 18.9. The number of fused-ring (bicyclic) bond motifs is 3. The van der Waals surface area contributed by atoms with Gasteiger partial charge in [-0.05, 0) is 44.2 Å². The lowest BCUT2D eigenvalue weighted by Crippen LogP contribution is -2.13. The van der Waals surface area contributed by atoms with E-state index in [4.69, 9.17) is 0 Å². The number of aromatic nitrogens is 1. The second-order valence-corrected chi connectivity index (χ2v) is 8.49. The quantitative estimate of drug-likeness (QED) is 0.377. The average Bonchev–Trinajstić information content (AvgIpc) is 3.00. The summed E-state index contributed by atoms with van der Waals surface area (Å²) in [7, 11) is -3.97. The van der Waals surface area contributed by atoms with Gasteiger partial charge in [0.15, 0.2) is 0 Å². The molecule has 1 aromatic heterocycles. The molecule has 0 spiro atoms. The Bertz CT molecular complexity index is 1370. The molecule has 4 rings (SSSR count).